The summed E-state index contributed by atoms with van der Waals surface area (Å²) in [7, 11) is -9.93. The number of hydrogen-bond donors (Lipinski definition) is 3. The standard InChI is InChI=1S/C85H166O17P2/c1-9-78(8)64-56-48-43-44-50-58-66-83(88)96-72-81(102-85(90)68-59-51-41-35-29-23-15-11-10-13-19-25-31-37-45-53-61-75(2)3)74-100-104(93,94)98-70-79(86)69-97-103(91,92)99-73-80(71-95-82(87)65-57-49-40-34-28-22-18-17-21-27-33-39-47-55-63-77(6)7)101-84(89)67-60-52-42-36-30-24-16-12-14-20-26-32-38-46-54-62-76(4)5/h75-81,86H,9-74H2,1-8H3,(H,91,92)(H,93,94)/t78?,79-,80-,81-/m1/s1. The van der Waals surface area contributed by atoms with E-state index in [2.05, 4.69) is 55.4 Å². The smallest absolute Gasteiger partial charge is 0.462 e. The quantitative estimate of drug-likeness (QED) is 0.0222. The third-order valence-corrected chi connectivity index (χ3v) is 22.1. The van der Waals surface area contributed by atoms with Crippen LogP contribution in [0.3, 0.4) is 0 Å². The zero-order chi connectivity index (χ0) is 76.7. The number of carbonyl (C=O) groups is 4. The largest absolute Gasteiger partial charge is 0.472 e. The lowest BCUT2D eigenvalue weighted by atomic mass is 10.00. The number of ether oxygens (including phenoxy) is 4. The van der Waals surface area contributed by atoms with E-state index in [4.69, 9.17) is 37.0 Å². The summed E-state index contributed by atoms with van der Waals surface area (Å²) in [6.45, 7) is 14.3. The summed E-state index contributed by atoms with van der Waals surface area (Å²) in [6.07, 6.45) is 62.5. The highest BCUT2D eigenvalue weighted by atomic mass is 31.2. The average Bonchev–Trinajstić information content (AvgIpc) is 0.907. The Morgan fingerprint density at radius 3 is 0.683 bits per heavy atom. The molecule has 0 rings (SSSR count). The molecule has 3 N–H and O–H groups in total. The van der Waals surface area contributed by atoms with Gasteiger partial charge in [0, 0.05) is 25.7 Å². The highest BCUT2D eigenvalue weighted by Gasteiger charge is 2.30. The second-order valence-electron chi connectivity index (χ2n) is 32.2. The number of esters is 4. The molecule has 0 heterocycles. The van der Waals surface area contributed by atoms with Crippen molar-refractivity contribution in [2.45, 2.75) is 459 Å². The third-order valence-electron chi connectivity index (χ3n) is 20.2. The second-order valence-corrected chi connectivity index (χ2v) is 35.2. The van der Waals surface area contributed by atoms with E-state index in [0.717, 1.165) is 120 Å². The van der Waals surface area contributed by atoms with Gasteiger partial charge in [-0.1, -0.05) is 389 Å². The number of aliphatic hydroxyl groups is 1. The van der Waals surface area contributed by atoms with Crippen molar-refractivity contribution in [3.05, 3.63) is 0 Å². The molecule has 0 spiro atoms. The lowest BCUT2D eigenvalue weighted by Crippen LogP contribution is -2.30. The summed E-state index contributed by atoms with van der Waals surface area (Å²) in [5.74, 6) is 1.03. The summed E-state index contributed by atoms with van der Waals surface area (Å²) >= 11 is 0. The van der Waals surface area contributed by atoms with Crippen LogP contribution in [0.15, 0.2) is 0 Å². The summed E-state index contributed by atoms with van der Waals surface area (Å²) in [5.41, 5.74) is 0. The predicted molar refractivity (Wildman–Crippen MR) is 428 cm³/mol. The van der Waals surface area contributed by atoms with Crippen LogP contribution in [0.1, 0.15) is 441 Å². The van der Waals surface area contributed by atoms with Gasteiger partial charge in [0.05, 0.1) is 26.4 Å². The Kier molecular flexibility index (Phi) is 72.5. The molecule has 3 unspecified atom stereocenters. The van der Waals surface area contributed by atoms with Crippen molar-refractivity contribution in [3.8, 4) is 0 Å². The van der Waals surface area contributed by atoms with Crippen LogP contribution >= 0.6 is 15.6 Å². The van der Waals surface area contributed by atoms with E-state index in [0.29, 0.717) is 25.7 Å². The van der Waals surface area contributed by atoms with E-state index < -0.39 is 97.5 Å². The molecule has 0 amide bonds. The van der Waals surface area contributed by atoms with Crippen LogP contribution in [-0.4, -0.2) is 96.7 Å². The van der Waals surface area contributed by atoms with Crippen molar-refractivity contribution < 1.29 is 80.2 Å². The summed E-state index contributed by atoms with van der Waals surface area (Å²) in [4.78, 5) is 73.2. The fourth-order valence-electron chi connectivity index (χ4n) is 13.1. The monoisotopic (exact) mass is 1520 g/mol. The van der Waals surface area contributed by atoms with Gasteiger partial charge < -0.3 is 33.8 Å². The Balaban J connectivity index is 5.24. The van der Waals surface area contributed by atoms with Crippen LogP contribution in [-0.2, 0) is 65.4 Å². The summed E-state index contributed by atoms with van der Waals surface area (Å²) < 4.78 is 68.9. The minimum atomic E-state index is -4.97. The minimum Gasteiger partial charge on any atom is -0.462 e. The Hall–Kier alpha value is -1.94. The molecule has 0 aromatic rings. The van der Waals surface area contributed by atoms with E-state index in [1.54, 1.807) is 0 Å². The normalized spacial score (nSPS) is 14.2. The molecular weight excluding hydrogens is 1350 g/mol. The van der Waals surface area contributed by atoms with E-state index >= 15 is 0 Å². The zero-order valence-electron chi connectivity index (χ0n) is 68.7. The molecule has 0 aliphatic rings. The molecular formula is C85H166O17P2. The van der Waals surface area contributed by atoms with Gasteiger partial charge in [0.25, 0.3) is 0 Å². The molecule has 0 saturated carbocycles. The first-order valence-electron chi connectivity index (χ1n) is 43.7. The predicted octanol–water partition coefficient (Wildman–Crippen LogP) is 25.6. The van der Waals surface area contributed by atoms with E-state index in [1.165, 1.54) is 238 Å². The molecule has 0 aliphatic carbocycles. The van der Waals surface area contributed by atoms with Gasteiger partial charge in [0.2, 0.25) is 0 Å². The van der Waals surface area contributed by atoms with Gasteiger partial charge >= 0.3 is 39.5 Å². The van der Waals surface area contributed by atoms with Crippen LogP contribution in [0.2, 0.25) is 0 Å². The van der Waals surface area contributed by atoms with Gasteiger partial charge in [-0.05, 0) is 49.4 Å². The van der Waals surface area contributed by atoms with Crippen molar-refractivity contribution in [3.63, 3.8) is 0 Å². The molecule has 6 atom stereocenters. The Bertz CT molecular complexity index is 2030. The summed E-state index contributed by atoms with van der Waals surface area (Å²) in [5, 5.41) is 10.7. The first kappa shape index (κ1) is 102. The van der Waals surface area contributed by atoms with Gasteiger partial charge in [0.15, 0.2) is 12.2 Å². The fraction of sp³-hybridized carbons (Fsp3) is 0.953. The SMILES string of the molecule is CCC(C)CCCCCCCCC(=O)OC[C@H](COP(=O)(O)OC[C@H](O)COP(=O)(O)OC[C@@H](COC(=O)CCCCCCCCCCCCCCCCC(C)C)OC(=O)CCCCCCCCCCCCCCCCCC(C)C)OC(=O)CCCCCCCCCCCCCCCCCCC(C)C. The lowest BCUT2D eigenvalue weighted by Gasteiger charge is -2.21. The molecule has 0 aromatic heterocycles. The number of phosphoric acid groups is 2. The maximum atomic E-state index is 13.1. The Labute approximate surface area is 638 Å². The third kappa shape index (κ3) is 76.8. The molecule has 19 heteroatoms. The zero-order valence-corrected chi connectivity index (χ0v) is 70.5. The molecule has 0 radical (unpaired) electrons. The van der Waals surface area contributed by atoms with Crippen LogP contribution in [0.5, 0.6) is 0 Å². The average molecular weight is 1520 g/mol. The maximum absolute atomic E-state index is 13.1. The Morgan fingerprint density at radius 1 is 0.269 bits per heavy atom. The van der Waals surface area contributed by atoms with Crippen LogP contribution < -0.4 is 0 Å². The second kappa shape index (κ2) is 73.8. The lowest BCUT2D eigenvalue weighted by molar-refractivity contribution is -0.161. The van der Waals surface area contributed by atoms with Gasteiger partial charge in [-0.2, -0.15) is 0 Å². The number of hydrogen-bond acceptors (Lipinski definition) is 15. The van der Waals surface area contributed by atoms with Crippen molar-refractivity contribution in [1.82, 2.24) is 0 Å². The van der Waals surface area contributed by atoms with Crippen LogP contribution in [0, 0.1) is 23.7 Å². The summed E-state index contributed by atoms with van der Waals surface area (Å²) in [6, 6.07) is 0. The van der Waals surface area contributed by atoms with Crippen molar-refractivity contribution in [2.24, 2.45) is 23.7 Å². The van der Waals surface area contributed by atoms with E-state index in [-0.39, 0.29) is 25.7 Å². The van der Waals surface area contributed by atoms with Crippen LogP contribution in [0.4, 0.5) is 0 Å². The molecule has 0 saturated heterocycles. The molecule has 0 fully saturated rings. The van der Waals surface area contributed by atoms with Crippen molar-refractivity contribution >= 4 is 39.5 Å². The van der Waals surface area contributed by atoms with Crippen molar-refractivity contribution in [2.75, 3.05) is 39.6 Å². The van der Waals surface area contributed by atoms with Gasteiger partial charge in [0.1, 0.15) is 19.3 Å². The number of aliphatic hydroxyl groups excluding tert-OH is 1. The minimum absolute atomic E-state index is 0.107. The first-order chi connectivity index (χ1) is 50.1. The van der Waals surface area contributed by atoms with Gasteiger partial charge in [-0.3, -0.25) is 37.3 Å². The maximum Gasteiger partial charge on any atom is 0.472 e. The number of rotatable bonds is 82. The Morgan fingerprint density at radius 2 is 0.462 bits per heavy atom. The van der Waals surface area contributed by atoms with Crippen molar-refractivity contribution in [1.29, 1.82) is 0 Å². The first-order valence-corrected chi connectivity index (χ1v) is 46.7. The van der Waals surface area contributed by atoms with E-state index in [1.807, 2.05) is 0 Å². The molecule has 0 bridgehead atoms. The van der Waals surface area contributed by atoms with Gasteiger partial charge in [-0.15, -0.1) is 0 Å². The molecule has 0 aromatic carbocycles. The fourth-order valence-corrected chi connectivity index (χ4v) is 14.7. The number of unbranched alkanes of at least 4 members (excludes halogenated alkanes) is 47. The molecule has 104 heavy (non-hydrogen) atoms. The highest BCUT2D eigenvalue weighted by Crippen LogP contribution is 2.45. The number of phosphoric ester groups is 2. The number of carbonyl (C=O) groups excluding carboxylic acids is 4. The van der Waals surface area contributed by atoms with E-state index in [9.17, 15) is 43.2 Å². The molecule has 0 aliphatic heterocycles. The van der Waals surface area contributed by atoms with Crippen LogP contribution in [0.25, 0.3) is 0 Å². The topological polar surface area (TPSA) is 237 Å². The molecule has 17 nitrogen and oxygen atoms in total. The van der Waals surface area contributed by atoms with Gasteiger partial charge in [-0.25, -0.2) is 9.13 Å². The molecule has 618 valence electrons. The highest BCUT2D eigenvalue weighted by molar-refractivity contribution is 7.47.